The van der Waals surface area contributed by atoms with E-state index < -0.39 is 11.6 Å². The molecule has 0 bridgehead atoms. The second-order valence-electron chi connectivity index (χ2n) is 6.42. The molecule has 4 nitrogen and oxygen atoms in total. The van der Waals surface area contributed by atoms with Crippen molar-refractivity contribution < 1.29 is 13.6 Å². The van der Waals surface area contributed by atoms with Crippen molar-refractivity contribution in [2.75, 3.05) is 0 Å². The van der Waals surface area contributed by atoms with E-state index >= 15 is 0 Å². The highest BCUT2D eigenvalue weighted by Gasteiger charge is 2.11. The maximum Gasteiger partial charge on any atom is 0.240 e. The number of nitrogens with zero attached hydrogens (tertiary/aromatic N) is 2. The highest BCUT2D eigenvalue weighted by Crippen LogP contribution is 2.25. The average molecular weight is 377 g/mol. The first-order chi connectivity index (χ1) is 13.6. The van der Waals surface area contributed by atoms with E-state index in [1.54, 1.807) is 10.9 Å². The standard InChI is InChI=1S/C22H17F2N3O/c23-18-10-9-15(11-19(18)24)17-6-2-1-5-16(17)12-25-22(28)13-27-14-26-20-7-3-4-8-21(20)27/h1-11,14H,12-13H2,(H,25,28). The monoisotopic (exact) mass is 377 g/mol. The van der Waals surface area contributed by atoms with Gasteiger partial charge >= 0.3 is 0 Å². The first-order valence-corrected chi connectivity index (χ1v) is 8.82. The Hall–Kier alpha value is -3.54. The largest absolute Gasteiger partial charge is 0.350 e. The molecule has 0 aliphatic rings. The van der Waals surface area contributed by atoms with Gasteiger partial charge in [-0.15, -0.1) is 0 Å². The Balaban J connectivity index is 1.49. The number of hydrogen-bond donors (Lipinski definition) is 1. The van der Waals surface area contributed by atoms with Gasteiger partial charge in [-0.25, -0.2) is 13.8 Å². The lowest BCUT2D eigenvalue weighted by Crippen LogP contribution is -2.27. The van der Waals surface area contributed by atoms with Gasteiger partial charge < -0.3 is 9.88 Å². The van der Waals surface area contributed by atoms with Crippen LogP contribution in [0.15, 0.2) is 73.1 Å². The van der Waals surface area contributed by atoms with Gasteiger partial charge in [0.15, 0.2) is 11.6 Å². The first kappa shape index (κ1) is 17.9. The molecule has 0 saturated heterocycles. The minimum absolute atomic E-state index is 0.147. The van der Waals surface area contributed by atoms with Crippen LogP contribution in [0.1, 0.15) is 5.56 Å². The number of rotatable bonds is 5. The third-order valence-corrected chi connectivity index (χ3v) is 4.57. The summed E-state index contributed by atoms with van der Waals surface area (Å²) in [7, 11) is 0. The molecule has 0 spiro atoms. The Bertz CT molecular complexity index is 1150. The zero-order valence-electron chi connectivity index (χ0n) is 14.9. The molecule has 4 rings (SSSR count). The SMILES string of the molecule is O=C(Cn1cnc2ccccc21)NCc1ccccc1-c1ccc(F)c(F)c1. The zero-order chi connectivity index (χ0) is 19.5. The maximum atomic E-state index is 13.6. The summed E-state index contributed by atoms with van der Waals surface area (Å²) < 4.78 is 28.6. The van der Waals surface area contributed by atoms with Crippen molar-refractivity contribution in [1.29, 1.82) is 0 Å². The van der Waals surface area contributed by atoms with Crippen molar-refractivity contribution in [3.8, 4) is 11.1 Å². The summed E-state index contributed by atoms with van der Waals surface area (Å²) in [5.74, 6) is -1.95. The summed E-state index contributed by atoms with van der Waals surface area (Å²) in [6.07, 6.45) is 1.64. The quantitative estimate of drug-likeness (QED) is 0.564. The Morgan fingerprint density at radius 1 is 0.964 bits per heavy atom. The predicted molar refractivity (Wildman–Crippen MR) is 103 cm³/mol. The molecule has 1 N–H and O–H groups in total. The van der Waals surface area contributed by atoms with Crippen LogP contribution in [0.5, 0.6) is 0 Å². The molecule has 0 fully saturated rings. The summed E-state index contributed by atoms with van der Waals surface area (Å²) in [5, 5.41) is 2.88. The van der Waals surface area contributed by atoms with E-state index in [9.17, 15) is 13.6 Å². The molecule has 0 saturated carbocycles. The fourth-order valence-corrected chi connectivity index (χ4v) is 3.16. The Labute approximate surface area is 160 Å². The molecule has 1 aromatic heterocycles. The molecular formula is C22H17F2N3O. The molecule has 0 aliphatic carbocycles. The van der Waals surface area contributed by atoms with E-state index in [0.717, 1.165) is 34.3 Å². The molecule has 140 valence electrons. The van der Waals surface area contributed by atoms with Gasteiger partial charge in [-0.3, -0.25) is 4.79 Å². The number of amides is 1. The van der Waals surface area contributed by atoms with Crippen LogP contribution in [0.4, 0.5) is 8.78 Å². The Kier molecular flexibility index (Phi) is 4.85. The number of carbonyl (C=O) groups excluding carboxylic acids is 1. The van der Waals surface area contributed by atoms with Crippen LogP contribution in [0.3, 0.4) is 0 Å². The minimum atomic E-state index is -0.900. The number of nitrogens with one attached hydrogen (secondary N) is 1. The van der Waals surface area contributed by atoms with Crippen LogP contribution in [-0.4, -0.2) is 15.5 Å². The Morgan fingerprint density at radius 3 is 2.61 bits per heavy atom. The van der Waals surface area contributed by atoms with Gasteiger partial charge in [0, 0.05) is 6.54 Å². The lowest BCUT2D eigenvalue weighted by atomic mass is 9.99. The van der Waals surface area contributed by atoms with Crippen LogP contribution in [-0.2, 0) is 17.9 Å². The highest BCUT2D eigenvalue weighted by molar-refractivity contribution is 5.80. The van der Waals surface area contributed by atoms with Gasteiger partial charge in [-0.2, -0.15) is 0 Å². The third-order valence-electron chi connectivity index (χ3n) is 4.57. The van der Waals surface area contributed by atoms with Crippen LogP contribution in [0.2, 0.25) is 0 Å². The van der Waals surface area contributed by atoms with Gasteiger partial charge in [0.25, 0.3) is 0 Å². The molecule has 0 atom stereocenters. The Morgan fingerprint density at radius 2 is 1.75 bits per heavy atom. The van der Waals surface area contributed by atoms with Gasteiger partial charge in [0.2, 0.25) is 5.91 Å². The highest BCUT2D eigenvalue weighted by atomic mass is 19.2. The van der Waals surface area contributed by atoms with Crippen molar-refractivity contribution in [3.05, 3.63) is 90.3 Å². The molecule has 0 radical (unpaired) electrons. The molecular weight excluding hydrogens is 360 g/mol. The number of halogens is 2. The normalized spacial score (nSPS) is 10.9. The van der Waals surface area contributed by atoms with E-state index in [1.165, 1.54) is 6.07 Å². The second-order valence-corrected chi connectivity index (χ2v) is 6.42. The third kappa shape index (κ3) is 3.62. The van der Waals surface area contributed by atoms with Crippen molar-refractivity contribution >= 4 is 16.9 Å². The van der Waals surface area contributed by atoms with E-state index in [2.05, 4.69) is 10.3 Å². The molecule has 0 unspecified atom stereocenters. The average Bonchev–Trinajstić information content (AvgIpc) is 3.12. The summed E-state index contributed by atoms with van der Waals surface area (Å²) in [6.45, 7) is 0.425. The summed E-state index contributed by atoms with van der Waals surface area (Å²) in [4.78, 5) is 16.7. The molecule has 4 aromatic rings. The van der Waals surface area contributed by atoms with E-state index in [4.69, 9.17) is 0 Å². The first-order valence-electron chi connectivity index (χ1n) is 8.82. The number of benzene rings is 3. The summed E-state index contributed by atoms with van der Waals surface area (Å²) >= 11 is 0. The van der Waals surface area contributed by atoms with Crippen molar-refractivity contribution in [3.63, 3.8) is 0 Å². The molecule has 1 amide bonds. The van der Waals surface area contributed by atoms with Crippen molar-refractivity contribution in [2.24, 2.45) is 0 Å². The number of imidazole rings is 1. The topological polar surface area (TPSA) is 46.9 Å². The fraction of sp³-hybridized carbons (Fsp3) is 0.0909. The minimum Gasteiger partial charge on any atom is -0.350 e. The van der Waals surface area contributed by atoms with E-state index in [1.807, 2.05) is 48.5 Å². The van der Waals surface area contributed by atoms with E-state index in [-0.39, 0.29) is 19.0 Å². The van der Waals surface area contributed by atoms with Crippen LogP contribution >= 0.6 is 0 Å². The molecule has 6 heteroatoms. The number of para-hydroxylation sites is 2. The van der Waals surface area contributed by atoms with Gasteiger partial charge in [-0.1, -0.05) is 42.5 Å². The fourth-order valence-electron chi connectivity index (χ4n) is 3.16. The van der Waals surface area contributed by atoms with Crippen molar-refractivity contribution in [1.82, 2.24) is 14.9 Å². The maximum absolute atomic E-state index is 13.6. The van der Waals surface area contributed by atoms with Gasteiger partial charge in [-0.05, 0) is 41.0 Å². The second kappa shape index (κ2) is 7.60. The van der Waals surface area contributed by atoms with Crippen molar-refractivity contribution in [2.45, 2.75) is 13.1 Å². The zero-order valence-corrected chi connectivity index (χ0v) is 14.9. The lowest BCUT2D eigenvalue weighted by molar-refractivity contribution is -0.121. The number of aromatic nitrogens is 2. The molecule has 3 aromatic carbocycles. The summed E-state index contributed by atoms with van der Waals surface area (Å²) in [6, 6.07) is 18.7. The molecule has 1 heterocycles. The summed E-state index contributed by atoms with van der Waals surface area (Å²) in [5.41, 5.74) is 3.84. The van der Waals surface area contributed by atoms with Crippen LogP contribution in [0, 0.1) is 11.6 Å². The number of hydrogen-bond acceptors (Lipinski definition) is 2. The van der Waals surface area contributed by atoms with Crippen LogP contribution < -0.4 is 5.32 Å². The molecule has 28 heavy (non-hydrogen) atoms. The smallest absolute Gasteiger partial charge is 0.240 e. The number of carbonyl (C=O) groups is 1. The van der Waals surface area contributed by atoms with Gasteiger partial charge in [0.05, 0.1) is 17.4 Å². The number of fused-ring (bicyclic) bond motifs is 1. The molecule has 0 aliphatic heterocycles. The van der Waals surface area contributed by atoms with E-state index in [0.29, 0.717) is 5.56 Å². The predicted octanol–water partition coefficient (Wildman–Crippen LogP) is 4.30. The lowest BCUT2D eigenvalue weighted by Gasteiger charge is -2.12. The van der Waals surface area contributed by atoms with Gasteiger partial charge in [0.1, 0.15) is 6.54 Å². The van der Waals surface area contributed by atoms with Crippen LogP contribution in [0.25, 0.3) is 22.2 Å².